The molecule has 0 aliphatic carbocycles. The molecule has 7 heteroatoms. The fraction of sp³-hybridized carbons (Fsp3) is 0.0833. The highest BCUT2D eigenvalue weighted by Gasteiger charge is 2.09. The number of rotatable bonds is 2. The van der Waals surface area contributed by atoms with Crippen molar-refractivity contribution in [3.05, 3.63) is 41.9 Å². The van der Waals surface area contributed by atoms with E-state index in [2.05, 4.69) is 15.2 Å². The maximum absolute atomic E-state index is 6.26. The fourth-order valence-electron chi connectivity index (χ4n) is 1.81. The number of nitrogens with zero attached hydrogens (tertiary/aromatic N) is 5. The van der Waals surface area contributed by atoms with E-state index in [0.29, 0.717) is 10.8 Å². The van der Waals surface area contributed by atoms with E-state index < -0.39 is 0 Å². The zero-order valence-corrected chi connectivity index (χ0v) is 10.9. The van der Waals surface area contributed by atoms with Gasteiger partial charge in [-0.25, -0.2) is 9.67 Å². The molecule has 1 aromatic carbocycles. The van der Waals surface area contributed by atoms with Crippen molar-refractivity contribution < 1.29 is 0 Å². The largest absolute Gasteiger partial charge is 0.384 e. The lowest BCUT2D eigenvalue weighted by atomic mass is 10.1. The molecule has 0 atom stereocenters. The summed E-state index contributed by atoms with van der Waals surface area (Å²) in [5, 5.41) is 8.94. The van der Waals surface area contributed by atoms with Gasteiger partial charge in [0.25, 0.3) is 0 Å². The van der Waals surface area contributed by atoms with E-state index in [1.54, 1.807) is 28.8 Å². The van der Waals surface area contributed by atoms with Crippen molar-refractivity contribution in [1.29, 1.82) is 0 Å². The summed E-state index contributed by atoms with van der Waals surface area (Å²) in [7, 11) is 1.80. The number of nitrogen functional groups attached to an aromatic ring is 1. The molecule has 6 nitrogen and oxygen atoms in total. The van der Waals surface area contributed by atoms with Crippen molar-refractivity contribution >= 4 is 17.4 Å². The van der Waals surface area contributed by atoms with Crippen LogP contribution in [0.3, 0.4) is 0 Å². The molecule has 19 heavy (non-hydrogen) atoms. The Balaban J connectivity index is 2.04. The van der Waals surface area contributed by atoms with Crippen LogP contribution in [0.4, 0.5) is 5.82 Å². The van der Waals surface area contributed by atoms with Gasteiger partial charge >= 0.3 is 0 Å². The minimum atomic E-state index is 0.576. The molecule has 2 aromatic heterocycles. The summed E-state index contributed by atoms with van der Waals surface area (Å²) < 4.78 is 3.23. The van der Waals surface area contributed by atoms with Gasteiger partial charge in [-0.3, -0.25) is 4.68 Å². The van der Waals surface area contributed by atoms with Gasteiger partial charge in [-0.15, -0.1) is 0 Å². The maximum Gasteiger partial charge on any atom is 0.138 e. The molecule has 2 N–H and O–H groups in total. The predicted molar refractivity (Wildman–Crippen MR) is 73.0 cm³/mol. The van der Waals surface area contributed by atoms with Gasteiger partial charge in [0.05, 0.1) is 16.4 Å². The highest BCUT2D eigenvalue weighted by Crippen LogP contribution is 2.27. The van der Waals surface area contributed by atoms with Gasteiger partial charge in [-0.1, -0.05) is 17.7 Å². The fourth-order valence-corrected chi connectivity index (χ4v) is 2.07. The van der Waals surface area contributed by atoms with Crippen molar-refractivity contribution in [2.45, 2.75) is 0 Å². The van der Waals surface area contributed by atoms with Crippen LogP contribution >= 0.6 is 11.6 Å². The van der Waals surface area contributed by atoms with Crippen LogP contribution in [-0.4, -0.2) is 24.5 Å². The molecule has 2 heterocycles. The molecule has 3 aromatic rings. The highest BCUT2D eigenvalue weighted by molar-refractivity contribution is 6.32. The zero-order chi connectivity index (χ0) is 13.4. The highest BCUT2D eigenvalue weighted by atomic mass is 35.5. The smallest absolute Gasteiger partial charge is 0.138 e. The number of halogens is 1. The first-order chi connectivity index (χ1) is 9.15. The first-order valence-electron chi connectivity index (χ1n) is 5.59. The Hall–Kier alpha value is -2.34. The number of aromatic nitrogens is 5. The molecule has 0 aliphatic rings. The number of nitrogens with two attached hydrogens (primary N) is 1. The minimum Gasteiger partial charge on any atom is -0.384 e. The molecule has 0 spiro atoms. The van der Waals surface area contributed by atoms with Gasteiger partial charge in [0.1, 0.15) is 18.5 Å². The molecule has 0 aliphatic heterocycles. The average Bonchev–Trinajstić information content (AvgIpc) is 3.00. The first-order valence-corrected chi connectivity index (χ1v) is 5.97. The second kappa shape index (κ2) is 4.40. The topological polar surface area (TPSA) is 74.5 Å². The second-order valence-electron chi connectivity index (χ2n) is 4.08. The molecule has 3 rings (SSSR count). The number of hydrogen-bond acceptors (Lipinski definition) is 4. The molecule has 0 amide bonds. The number of aryl methyl sites for hydroxylation is 1. The third-order valence-electron chi connectivity index (χ3n) is 2.83. The average molecular weight is 275 g/mol. The van der Waals surface area contributed by atoms with Crippen molar-refractivity contribution in [2.24, 2.45) is 7.05 Å². The van der Waals surface area contributed by atoms with Crippen LogP contribution in [0.5, 0.6) is 0 Å². The Labute approximate surface area is 114 Å². The quantitative estimate of drug-likeness (QED) is 0.774. The molecular formula is C12H11ClN6. The minimum absolute atomic E-state index is 0.576. The van der Waals surface area contributed by atoms with Crippen LogP contribution in [-0.2, 0) is 7.05 Å². The van der Waals surface area contributed by atoms with Crippen LogP contribution in [0.2, 0.25) is 5.02 Å². The van der Waals surface area contributed by atoms with E-state index in [1.807, 2.05) is 18.2 Å². The Bertz CT molecular complexity index is 696. The predicted octanol–water partition coefficient (Wildman–Crippen LogP) is 1.90. The summed E-state index contributed by atoms with van der Waals surface area (Å²) in [6, 6.07) is 7.43. The van der Waals surface area contributed by atoms with Crippen molar-refractivity contribution in [3.8, 4) is 16.9 Å². The SMILES string of the molecule is Cn1nc(-c2ccc(-n3cncn3)c(Cl)c2)cc1N. The summed E-state index contributed by atoms with van der Waals surface area (Å²) in [5.74, 6) is 0.603. The van der Waals surface area contributed by atoms with Gasteiger partial charge in [0, 0.05) is 18.7 Å². The molecule has 0 fully saturated rings. The summed E-state index contributed by atoms with van der Waals surface area (Å²) in [6.45, 7) is 0. The van der Waals surface area contributed by atoms with E-state index in [-0.39, 0.29) is 0 Å². The van der Waals surface area contributed by atoms with E-state index in [0.717, 1.165) is 16.9 Å². The summed E-state index contributed by atoms with van der Waals surface area (Å²) in [4.78, 5) is 3.90. The molecular weight excluding hydrogens is 264 g/mol. The Morgan fingerprint density at radius 2 is 2.11 bits per heavy atom. The Morgan fingerprint density at radius 1 is 1.26 bits per heavy atom. The lowest BCUT2D eigenvalue weighted by molar-refractivity contribution is 0.782. The normalized spacial score (nSPS) is 10.8. The molecule has 0 radical (unpaired) electrons. The van der Waals surface area contributed by atoms with Crippen LogP contribution in [0, 0.1) is 0 Å². The van der Waals surface area contributed by atoms with Crippen molar-refractivity contribution in [2.75, 3.05) is 5.73 Å². The van der Waals surface area contributed by atoms with Gasteiger partial charge < -0.3 is 5.73 Å². The van der Waals surface area contributed by atoms with E-state index >= 15 is 0 Å². The first kappa shape index (κ1) is 11.7. The summed E-state index contributed by atoms with van der Waals surface area (Å²) in [5.41, 5.74) is 8.23. The monoisotopic (exact) mass is 274 g/mol. The van der Waals surface area contributed by atoms with Crippen molar-refractivity contribution in [3.63, 3.8) is 0 Å². The third-order valence-corrected chi connectivity index (χ3v) is 3.13. The maximum atomic E-state index is 6.26. The number of hydrogen-bond donors (Lipinski definition) is 1. The molecule has 0 bridgehead atoms. The van der Waals surface area contributed by atoms with E-state index in [9.17, 15) is 0 Å². The number of benzene rings is 1. The van der Waals surface area contributed by atoms with Gasteiger partial charge in [-0.05, 0) is 12.1 Å². The van der Waals surface area contributed by atoms with E-state index in [1.165, 1.54) is 6.33 Å². The number of anilines is 1. The standard InChI is InChI=1S/C12H11ClN6/c1-18-12(14)5-10(17-18)8-2-3-11(9(13)4-8)19-7-15-6-16-19/h2-7H,14H2,1H3. The van der Waals surface area contributed by atoms with Crippen LogP contribution in [0.25, 0.3) is 16.9 Å². The Morgan fingerprint density at radius 3 is 2.68 bits per heavy atom. The Kier molecular flexibility index (Phi) is 2.72. The molecule has 0 unspecified atom stereocenters. The summed E-state index contributed by atoms with van der Waals surface area (Å²) in [6.07, 6.45) is 3.06. The molecule has 0 saturated heterocycles. The van der Waals surface area contributed by atoms with Gasteiger partial charge in [-0.2, -0.15) is 10.2 Å². The van der Waals surface area contributed by atoms with Gasteiger partial charge in [0.2, 0.25) is 0 Å². The third kappa shape index (κ3) is 2.06. The lowest BCUT2D eigenvalue weighted by Gasteiger charge is -2.05. The lowest BCUT2D eigenvalue weighted by Crippen LogP contribution is -1.97. The zero-order valence-electron chi connectivity index (χ0n) is 10.2. The second-order valence-corrected chi connectivity index (χ2v) is 4.49. The summed E-state index contributed by atoms with van der Waals surface area (Å²) >= 11 is 6.26. The van der Waals surface area contributed by atoms with E-state index in [4.69, 9.17) is 17.3 Å². The van der Waals surface area contributed by atoms with Crippen LogP contribution in [0.1, 0.15) is 0 Å². The van der Waals surface area contributed by atoms with Crippen molar-refractivity contribution in [1.82, 2.24) is 24.5 Å². The van der Waals surface area contributed by atoms with Crippen LogP contribution < -0.4 is 5.73 Å². The molecule has 96 valence electrons. The van der Waals surface area contributed by atoms with Gasteiger partial charge in [0.15, 0.2) is 0 Å². The van der Waals surface area contributed by atoms with Crippen LogP contribution in [0.15, 0.2) is 36.9 Å². The molecule has 0 saturated carbocycles.